The van der Waals surface area contributed by atoms with Crippen LogP contribution >= 0.6 is 11.8 Å². The Morgan fingerprint density at radius 2 is 2.00 bits per heavy atom. The third-order valence-electron chi connectivity index (χ3n) is 3.62. The zero-order valence-electron chi connectivity index (χ0n) is 12.7. The van der Waals surface area contributed by atoms with Crippen LogP contribution in [-0.4, -0.2) is 20.2 Å². The number of aromatic nitrogens is 4. The molecule has 23 heavy (non-hydrogen) atoms. The summed E-state index contributed by atoms with van der Waals surface area (Å²) in [4.78, 5) is 7.54. The van der Waals surface area contributed by atoms with Crippen LogP contribution in [0.3, 0.4) is 0 Å². The predicted molar refractivity (Wildman–Crippen MR) is 87.1 cm³/mol. The number of hydrogen-bond donors (Lipinski definition) is 1. The van der Waals surface area contributed by atoms with E-state index in [-0.39, 0.29) is 0 Å². The smallest absolute Gasteiger partial charge is 0.277 e. The average molecular weight is 326 g/mol. The third-order valence-corrected chi connectivity index (χ3v) is 4.42. The molecule has 3 aromatic heterocycles. The fourth-order valence-corrected chi connectivity index (χ4v) is 2.96. The lowest BCUT2D eigenvalue weighted by Crippen LogP contribution is -1.80. The zero-order chi connectivity index (χ0) is 15.8. The maximum atomic E-state index is 5.75. The van der Waals surface area contributed by atoms with E-state index in [1.807, 2.05) is 44.3 Å². The molecular formula is C16H14N4O2S. The fourth-order valence-electron chi connectivity index (χ4n) is 2.35. The Morgan fingerprint density at radius 3 is 2.83 bits per heavy atom. The molecule has 0 spiro atoms. The van der Waals surface area contributed by atoms with Gasteiger partial charge in [-0.2, -0.15) is 0 Å². The van der Waals surface area contributed by atoms with E-state index in [2.05, 4.69) is 20.2 Å². The number of rotatable bonds is 4. The van der Waals surface area contributed by atoms with E-state index in [1.165, 1.54) is 11.8 Å². The van der Waals surface area contributed by atoms with Gasteiger partial charge in [0.25, 0.3) is 11.1 Å². The normalized spacial score (nSPS) is 11.4. The molecule has 0 aliphatic rings. The molecule has 0 saturated heterocycles. The summed E-state index contributed by atoms with van der Waals surface area (Å²) in [6, 6.07) is 8.01. The molecule has 116 valence electrons. The second-order valence-corrected chi connectivity index (χ2v) is 6.09. The first-order valence-corrected chi connectivity index (χ1v) is 8.15. The van der Waals surface area contributed by atoms with Crippen molar-refractivity contribution in [3.05, 3.63) is 47.8 Å². The first-order chi connectivity index (χ1) is 11.2. The van der Waals surface area contributed by atoms with Gasteiger partial charge in [-0.25, -0.2) is 4.98 Å². The van der Waals surface area contributed by atoms with Crippen molar-refractivity contribution in [2.45, 2.75) is 24.8 Å². The van der Waals surface area contributed by atoms with Gasteiger partial charge in [-0.1, -0.05) is 30.0 Å². The summed E-state index contributed by atoms with van der Waals surface area (Å²) in [5.74, 6) is 2.57. The number of para-hydroxylation sites is 1. The maximum absolute atomic E-state index is 5.75. The second-order valence-electron chi connectivity index (χ2n) is 5.16. The van der Waals surface area contributed by atoms with Gasteiger partial charge in [0.15, 0.2) is 0 Å². The van der Waals surface area contributed by atoms with Crippen LogP contribution in [-0.2, 0) is 5.75 Å². The lowest BCUT2D eigenvalue weighted by Gasteiger charge is -1.93. The van der Waals surface area contributed by atoms with Gasteiger partial charge in [0.2, 0.25) is 5.89 Å². The van der Waals surface area contributed by atoms with Crippen molar-refractivity contribution in [2.24, 2.45) is 0 Å². The highest BCUT2D eigenvalue weighted by Crippen LogP contribution is 2.30. The van der Waals surface area contributed by atoms with E-state index in [1.54, 1.807) is 0 Å². The summed E-state index contributed by atoms with van der Waals surface area (Å²) in [7, 11) is 0. The first kappa shape index (κ1) is 14.1. The highest BCUT2D eigenvalue weighted by Gasteiger charge is 2.14. The van der Waals surface area contributed by atoms with Gasteiger partial charge in [-0.3, -0.25) is 0 Å². The number of thioether (sulfide) groups is 1. The summed E-state index contributed by atoms with van der Waals surface area (Å²) < 4.78 is 11.3. The van der Waals surface area contributed by atoms with Crippen molar-refractivity contribution in [1.82, 2.24) is 20.2 Å². The Morgan fingerprint density at radius 1 is 1.13 bits per heavy atom. The Balaban J connectivity index is 1.54. The summed E-state index contributed by atoms with van der Waals surface area (Å²) in [6.45, 7) is 3.83. The number of fused-ring (bicyclic) bond motifs is 1. The van der Waals surface area contributed by atoms with Crippen molar-refractivity contribution < 1.29 is 8.83 Å². The number of aryl methyl sites for hydroxylation is 2. The number of benzene rings is 1. The molecule has 3 heterocycles. The lowest BCUT2D eigenvalue weighted by molar-refractivity contribution is 0.462. The molecule has 0 aliphatic carbocycles. The van der Waals surface area contributed by atoms with Crippen LogP contribution in [0.5, 0.6) is 0 Å². The Bertz CT molecular complexity index is 950. The molecule has 1 N–H and O–H groups in total. The third kappa shape index (κ3) is 2.63. The van der Waals surface area contributed by atoms with E-state index < -0.39 is 0 Å². The molecule has 0 unspecified atom stereocenters. The van der Waals surface area contributed by atoms with Crippen molar-refractivity contribution >= 4 is 22.7 Å². The molecule has 0 saturated carbocycles. The van der Waals surface area contributed by atoms with Gasteiger partial charge in [0.1, 0.15) is 5.76 Å². The number of oxazole rings is 1. The molecule has 0 aliphatic heterocycles. The van der Waals surface area contributed by atoms with Crippen LogP contribution in [0.15, 0.2) is 44.5 Å². The van der Waals surface area contributed by atoms with Gasteiger partial charge >= 0.3 is 0 Å². The van der Waals surface area contributed by atoms with E-state index in [0.717, 1.165) is 27.9 Å². The minimum absolute atomic E-state index is 0.499. The summed E-state index contributed by atoms with van der Waals surface area (Å²) >= 11 is 1.41. The number of nitrogens with zero attached hydrogens (tertiary/aromatic N) is 3. The molecule has 1 aromatic carbocycles. The highest BCUT2D eigenvalue weighted by molar-refractivity contribution is 7.98. The molecule has 6 nitrogen and oxygen atoms in total. The Hall–Kier alpha value is -2.54. The first-order valence-electron chi connectivity index (χ1n) is 7.16. The number of H-pyrrole nitrogens is 1. The van der Waals surface area contributed by atoms with Gasteiger partial charge in [0.05, 0.1) is 17.0 Å². The van der Waals surface area contributed by atoms with E-state index in [0.29, 0.717) is 22.8 Å². The van der Waals surface area contributed by atoms with Crippen molar-refractivity contribution in [2.75, 3.05) is 0 Å². The van der Waals surface area contributed by atoms with Gasteiger partial charge in [-0.05, 0) is 19.9 Å². The van der Waals surface area contributed by atoms with E-state index in [9.17, 15) is 0 Å². The van der Waals surface area contributed by atoms with Crippen molar-refractivity contribution in [3.63, 3.8) is 0 Å². The predicted octanol–water partition coefficient (Wildman–Crippen LogP) is 4.12. The van der Waals surface area contributed by atoms with Gasteiger partial charge in [-0.15, -0.1) is 10.2 Å². The fraction of sp³-hybridized carbons (Fsp3) is 0.188. The number of hydrogen-bond acceptors (Lipinski definition) is 6. The van der Waals surface area contributed by atoms with Crippen LogP contribution in [0.25, 0.3) is 22.4 Å². The van der Waals surface area contributed by atoms with Crippen molar-refractivity contribution in [1.29, 1.82) is 0 Å². The van der Waals surface area contributed by atoms with Gasteiger partial charge in [0, 0.05) is 17.1 Å². The van der Waals surface area contributed by atoms with Crippen LogP contribution in [0.1, 0.15) is 17.3 Å². The van der Waals surface area contributed by atoms with E-state index >= 15 is 0 Å². The molecule has 0 amide bonds. The number of aromatic amines is 1. The van der Waals surface area contributed by atoms with Crippen LogP contribution in [0.4, 0.5) is 0 Å². The molecule has 4 rings (SSSR count). The van der Waals surface area contributed by atoms with Crippen LogP contribution in [0, 0.1) is 13.8 Å². The van der Waals surface area contributed by atoms with E-state index in [4.69, 9.17) is 8.83 Å². The lowest BCUT2D eigenvalue weighted by atomic mass is 10.2. The topological polar surface area (TPSA) is 80.7 Å². The SMILES string of the molecule is Cc1nc(CSc2nnc(-c3c[nH]c4ccccc34)o2)oc1C. The Labute approximate surface area is 136 Å². The average Bonchev–Trinajstić information content (AvgIpc) is 3.24. The minimum Gasteiger partial charge on any atom is -0.445 e. The molecule has 0 atom stereocenters. The summed E-state index contributed by atoms with van der Waals surface area (Å²) in [5, 5.41) is 9.78. The molecule has 7 heteroatoms. The molecule has 0 radical (unpaired) electrons. The highest BCUT2D eigenvalue weighted by atomic mass is 32.2. The molecular weight excluding hydrogens is 312 g/mol. The quantitative estimate of drug-likeness (QED) is 0.568. The molecule has 4 aromatic rings. The Kier molecular flexibility index (Phi) is 3.42. The monoisotopic (exact) mass is 326 g/mol. The molecule has 0 bridgehead atoms. The van der Waals surface area contributed by atoms with Crippen LogP contribution in [0.2, 0.25) is 0 Å². The van der Waals surface area contributed by atoms with Crippen LogP contribution < -0.4 is 0 Å². The van der Waals surface area contributed by atoms with Crippen molar-refractivity contribution in [3.8, 4) is 11.5 Å². The standard InChI is InChI=1S/C16H14N4O2S/c1-9-10(2)21-14(18-9)8-23-16-20-19-15(22-16)12-7-17-13-6-4-3-5-11(12)13/h3-7,17H,8H2,1-2H3. The second kappa shape index (κ2) is 5.58. The summed E-state index contributed by atoms with van der Waals surface area (Å²) in [5.41, 5.74) is 2.86. The maximum Gasteiger partial charge on any atom is 0.277 e. The molecule has 0 fully saturated rings. The zero-order valence-corrected chi connectivity index (χ0v) is 13.5. The minimum atomic E-state index is 0.499. The number of nitrogens with one attached hydrogen (secondary N) is 1. The summed E-state index contributed by atoms with van der Waals surface area (Å²) in [6.07, 6.45) is 1.88. The van der Waals surface area contributed by atoms with Gasteiger partial charge < -0.3 is 13.8 Å². The largest absolute Gasteiger partial charge is 0.445 e.